The lowest BCUT2D eigenvalue weighted by atomic mass is 9.89. The van der Waals surface area contributed by atoms with Crippen LogP contribution in [0.1, 0.15) is 25.8 Å². The van der Waals surface area contributed by atoms with Crippen LogP contribution in [0.5, 0.6) is 5.75 Å². The van der Waals surface area contributed by atoms with Crippen molar-refractivity contribution >= 4 is 5.69 Å². The Hall–Kier alpha value is -1.29. The molecule has 0 bridgehead atoms. The third kappa shape index (κ3) is 1.80. The molecular formula is C10H15FN2O. The van der Waals surface area contributed by atoms with Gasteiger partial charge in [0.05, 0.1) is 5.69 Å². The van der Waals surface area contributed by atoms with Crippen molar-refractivity contribution < 1.29 is 9.50 Å². The van der Waals surface area contributed by atoms with Crippen molar-refractivity contribution in [2.75, 3.05) is 5.73 Å². The van der Waals surface area contributed by atoms with Crippen LogP contribution >= 0.6 is 0 Å². The zero-order valence-electron chi connectivity index (χ0n) is 8.34. The van der Waals surface area contributed by atoms with Crippen LogP contribution in [0.3, 0.4) is 0 Å². The molecule has 0 heterocycles. The van der Waals surface area contributed by atoms with Gasteiger partial charge < -0.3 is 16.6 Å². The predicted octanol–water partition coefficient (Wildman–Crippen LogP) is 1.70. The highest BCUT2D eigenvalue weighted by molar-refractivity contribution is 5.51. The molecule has 0 aliphatic carbocycles. The Labute approximate surface area is 82.5 Å². The second-order valence-corrected chi connectivity index (χ2v) is 3.66. The zero-order valence-corrected chi connectivity index (χ0v) is 8.34. The fraction of sp³-hybridized carbons (Fsp3) is 0.400. The van der Waals surface area contributed by atoms with E-state index in [1.54, 1.807) is 6.92 Å². The van der Waals surface area contributed by atoms with Crippen LogP contribution in [-0.2, 0) is 5.54 Å². The van der Waals surface area contributed by atoms with Gasteiger partial charge in [0.15, 0.2) is 0 Å². The first-order valence-electron chi connectivity index (χ1n) is 4.46. The molecule has 0 aliphatic heterocycles. The molecule has 5 N–H and O–H groups in total. The fourth-order valence-corrected chi connectivity index (χ4v) is 1.23. The average molecular weight is 198 g/mol. The van der Waals surface area contributed by atoms with Crippen LogP contribution in [0.25, 0.3) is 0 Å². The standard InChI is InChI=1S/C10H15FN2O/c1-3-10(2,13)6-4-8(12)7(11)5-9(6)14/h4-5,14H,3,12-13H2,1-2H3. The number of hydrogen-bond acceptors (Lipinski definition) is 3. The Balaban J connectivity index is 3.29. The summed E-state index contributed by atoms with van der Waals surface area (Å²) in [5.41, 5.74) is 11.1. The lowest BCUT2D eigenvalue weighted by Crippen LogP contribution is -2.32. The van der Waals surface area contributed by atoms with E-state index in [4.69, 9.17) is 11.5 Å². The van der Waals surface area contributed by atoms with E-state index in [0.29, 0.717) is 12.0 Å². The van der Waals surface area contributed by atoms with E-state index >= 15 is 0 Å². The van der Waals surface area contributed by atoms with Crippen LogP contribution in [0.2, 0.25) is 0 Å². The van der Waals surface area contributed by atoms with Crippen LogP contribution in [0, 0.1) is 5.82 Å². The summed E-state index contributed by atoms with van der Waals surface area (Å²) in [4.78, 5) is 0. The Morgan fingerprint density at radius 2 is 2.07 bits per heavy atom. The molecule has 0 spiro atoms. The lowest BCUT2D eigenvalue weighted by molar-refractivity contribution is 0.413. The second kappa shape index (κ2) is 3.46. The number of anilines is 1. The summed E-state index contributed by atoms with van der Waals surface area (Å²) in [6.45, 7) is 3.65. The predicted molar refractivity (Wildman–Crippen MR) is 54.3 cm³/mol. The largest absolute Gasteiger partial charge is 0.507 e. The van der Waals surface area contributed by atoms with E-state index < -0.39 is 11.4 Å². The summed E-state index contributed by atoms with van der Waals surface area (Å²) in [6.07, 6.45) is 0.631. The highest BCUT2D eigenvalue weighted by Crippen LogP contribution is 2.32. The second-order valence-electron chi connectivity index (χ2n) is 3.66. The molecule has 0 saturated heterocycles. The highest BCUT2D eigenvalue weighted by atomic mass is 19.1. The molecule has 0 radical (unpaired) electrons. The molecule has 0 saturated carbocycles. The van der Waals surface area contributed by atoms with Gasteiger partial charge in [0.25, 0.3) is 0 Å². The van der Waals surface area contributed by atoms with Crippen molar-refractivity contribution in [1.29, 1.82) is 0 Å². The van der Waals surface area contributed by atoms with E-state index in [-0.39, 0.29) is 11.4 Å². The van der Waals surface area contributed by atoms with Crippen LogP contribution < -0.4 is 11.5 Å². The molecule has 1 rings (SSSR count). The summed E-state index contributed by atoms with van der Waals surface area (Å²) >= 11 is 0. The third-order valence-electron chi connectivity index (χ3n) is 2.46. The van der Waals surface area contributed by atoms with Gasteiger partial charge in [-0.25, -0.2) is 4.39 Å². The van der Waals surface area contributed by atoms with Gasteiger partial charge in [0.1, 0.15) is 11.6 Å². The molecule has 4 heteroatoms. The number of nitrogens with two attached hydrogens (primary N) is 2. The zero-order chi connectivity index (χ0) is 10.9. The number of rotatable bonds is 2. The van der Waals surface area contributed by atoms with Crippen LogP contribution in [0.15, 0.2) is 12.1 Å². The third-order valence-corrected chi connectivity index (χ3v) is 2.46. The van der Waals surface area contributed by atoms with Gasteiger partial charge in [0, 0.05) is 17.2 Å². The molecule has 1 aromatic rings. The molecule has 0 aromatic heterocycles. The van der Waals surface area contributed by atoms with Crippen molar-refractivity contribution in [2.45, 2.75) is 25.8 Å². The first-order chi connectivity index (χ1) is 6.38. The lowest BCUT2D eigenvalue weighted by Gasteiger charge is -2.24. The van der Waals surface area contributed by atoms with Gasteiger partial charge in [0.2, 0.25) is 0 Å². The van der Waals surface area contributed by atoms with Gasteiger partial charge in [-0.1, -0.05) is 6.92 Å². The molecule has 1 atom stereocenters. The van der Waals surface area contributed by atoms with E-state index in [1.807, 2.05) is 6.92 Å². The number of benzene rings is 1. The molecular weight excluding hydrogens is 183 g/mol. The van der Waals surface area contributed by atoms with Crippen molar-refractivity contribution in [3.63, 3.8) is 0 Å². The maximum atomic E-state index is 12.9. The van der Waals surface area contributed by atoms with Crippen molar-refractivity contribution in [1.82, 2.24) is 0 Å². The number of phenolic OH excluding ortho intramolecular Hbond substituents is 1. The molecule has 0 fully saturated rings. The Morgan fingerprint density at radius 3 is 2.57 bits per heavy atom. The Bertz CT molecular complexity index is 350. The molecule has 78 valence electrons. The SMILES string of the molecule is CCC(C)(N)c1cc(N)c(F)cc1O. The van der Waals surface area contributed by atoms with Crippen molar-refractivity contribution in [3.05, 3.63) is 23.5 Å². The molecule has 3 nitrogen and oxygen atoms in total. The number of aromatic hydroxyl groups is 1. The molecule has 14 heavy (non-hydrogen) atoms. The van der Waals surface area contributed by atoms with Crippen molar-refractivity contribution in [3.8, 4) is 5.75 Å². The van der Waals surface area contributed by atoms with Crippen LogP contribution in [0.4, 0.5) is 10.1 Å². The minimum absolute atomic E-state index is 0.00271. The monoisotopic (exact) mass is 198 g/mol. The summed E-state index contributed by atoms with van der Waals surface area (Å²) < 4.78 is 12.9. The smallest absolute Gasteiger partial charge is 0.149 e. The first-order valence-corrected chi connectivity index (χ1v) is 4.46. The topological polar surface area (TPSA) is 72.3 Å². The van der Waals surface area contributed by atoms with E-state index in [0.717, 1.165) is 6.07 Å². The highest BCUT2D eigenvalue weighted by Gasteiger charge is 2.23. The van der Waals surface area contributed by atoms with Gasteiger partial charge in [-0.2, -0.15) is 0 Å². The van der Waals surface area contributed by atoms with E-state index in [2.05, 4.69) is 0 Å². The van der Waals surface area contributed by atoms with Crippen molar-refractivity contribution in [2.24, 2.45) is 5.73 Å². The minimum Gasteiger partial charge on any atom is -0.507 e. The van der Waals surface area contributed by atoms with Gasteiger partial charge in [-0.15, -0.1) is 0 Å². The van der Waals surface area contributed by atoms with E-state index in [9.17, 15) is 9.50 Å². The quantitative estimate of drug-likeness (QED) is 0.500. The molecule has 1 aromatic carbocycles. The summed E-state index contributed by atoms with van der Waals surface area (Å²) in [5, 5.41) is 9.51. The maximum absolute atomic E-state index is 12.9. The average Bonchev–Trinajstić information content (AvgIpc) is 2.11. The normalized spacial score (nSPS) is 15.1. The number of phenols is 1. The number of halogens is 1. The number of nitrogen functional groups attached to an aromatic ring is 1. The number of hydrogen-bond donors (Lipinski definition) is 3. The van der Waals surface area contributed by atoms with Gasteiger partial charge >= 0.3 is 0 Å². The van der Waals surface area contributed by atoms with E-state index in [1.165, 1.54) is 6.07 Å². The molecule has 0 aliphatic rings. The fourth-order valence-electron chi connectivity index (χ4n) is 1.23. The maximum Gasteiger partial charge on any atom is 0.149 e. The summed E-state index contributed by atoms with van der Waals surface area (Å²) in [7, 11) is 0. The Morgan fingerprint density at radius 1 is 1.50 bits per heavy atom. The minimum atomic E-state index is -0.689. The molecule has 0 amide bonds. The van der Waals surface area contributed by atoms with Gasteiger partial charge in [-0.3, -0.25) is 0 Å². The Kier molecular flexibility index (Phi) is 2.66. The summed E-state index contributed by atoms with van der Waals surface area (Å²) in [6, 6.07) is 2.37. The first kappa shape index (κ1) is 10.8. The van der Waals surface area contributed by atoms with Gasteiger partial charge in [-0.05, 0) is 19.4 Å². The summed E-state index contributed by atoms with van der Waals surface area (Å²) in [5.74, 6) is -0.776. The van der Waals surface area contributed by atoms with Crippen LogP contribution in [-0.4, -0.2) is 5.11 Å². The molecule has 1 unspecified atom stereocenters.